The summed E-state index contributed by atoms with van der Waals surface area (Å²) in [6.07, 6.45) is 4.84. The number of halogens is 2. The second kappa shape index (κ2) is 6.02. The fourth-order valence-corrected chi connectivity index (χ4v) is 2.65. The standard InChI is InChI=1S/C12H11F2N3O2S/c13-10-1-2-12(11(14)5-10)20(18,19)17-4-3-9-6-15-8-16-7-9/h1-2,5-8,17H,3-4H2. The number of hydrogen-bond acceptors (Lipinski definition) is 4. The van der Waals surface area contributed by atoms with Gasteiger partial charge in [0.25, 0.3) is 0 Å². The Morgan fingerprint density at radius 2 is 1.85 bits per heavy atom. The molecule has 0 bridgehead atoms. The lowest BCUT2D eigenvalue weighted by atomic mass is 10.2. The Kier molecular flexibility index (Phi) is 4.35. The van der Waals surface area contributed by atoms with Gasteiger partial charge in [-0.1, -0.05) is 0 Å². The molecule has 0 radical (unpaired) electrons. The lowest BCUT2D eigenvalue weighted by Crippen LogP contribution is -2.26. The summed E-state index contributed by atoms with van der Waals surface area (Å²) in [5.41, 5.74) is 0.745. The van der Waals surface area contributed by atoms with Crippen LogP contribution in [0.5, 0.6) is 0 Å². The van der Waals surface area contributed by atoms with Crippen molar-refractivity contribution in [2.45, 2.75) is 11.3 Å². The van der Waals surface area contributed by atoms with E-state index < -0.39 is 26.6 Å². The number of hydrogen-bond donors (Lipinski definition) is 1. The summed E-state index contributed by atoms with van der Waals surface area (Å²) < 4.78 is 52.1. The van der Waals surface area contributed by atoms with Crippen molar-refractivity contribution in [1.82, 2.24) is 14.7 Å². The highest BCUT2D eigenvalue weighted by molar-refractivity contribution is 7.89. The first-order valence-electron chi connectivity index (χ1n) is 5.67. The maximum atomic E-state index is 13.4. The molecule has 0 unspecified atom stereocenters. The number of nitrogens with one attached hydrogen (secondary N) is 1. The fourth-order valence-electron chi connectivity index (χ4n) is 1.56. The minimum atomic E-state index is -4.01. The zero-order valence-corrected chi connectivity index (χ0v) is 11.1. The van der Waals surface area contributed by atoms with Crippen LogP contribution in [0.15, 0.2) is 41.8 Å². The van der Waals surface area contributed by atoms with E-state index in [4.69, 9.17) is 0 Å². The van der Waals surface area contributed by atoms with E-state index in [0.717, 1.165) is 17.7 Å². The Morgan fingerprint density at radius 1 is 1.15 bits per heavy atom. The number of nitrogens with zero attached hydrogens (tertiary/aromatic N) is 2. The summed E-state index contributed by atoms with van der Waals surface area (Å²) in [6.45, 7) is 0.0620. The molecule has 5 nitrogen and oxygen atoms in total. The van der Waals surface area contributed by atoms with Crippen LogP contribution in [0.1, 0.15) is 5.56 Å². The van der Waals surface area contributed by atoms with Crippen molar-refractivity contribution >= 4 is 10.0 Å². The number of sulfonamides is 1. The number of rotatable bonds is 5. The largest absolute Gasteiger partial charge is 0.245 e. The summed E-state index contributed by atoms with van der Waals surface area (Å²) in [6, 6.07) is 2.31. The Labute approximate surface area is 114 Å². The normalized spacial score (nSPS) is 11.5. The van der Waals surface area contributed by atoms with Gasteiger partial charge in [-0.3, -0.25) is 0 Å². The molecule has 0 amide bonds. The van der Waals surface area contributed by atoms with Crippen LogP contribution in [-0.4, -0.2) is 24.9 Å². The molecular weight excluding hydrogens is 288 g/mol. The summed E-state index contributed by atoms with van der Waals surface area (Å²) in [5.74, 6) is -1.96. The lowest BCUT2D eigenvalue weighted by Gasteiger charge is -2.07. The van der Waals surface area contributed by atoms with E-state index in [1.165, 1.54) is 6.33 Å². The molecule has 106 valence electrons. The molecule has 0 saturated carbocycles. The molecule has 0 spiro atoms. The molecule has 2 aromatic rings. The topological polar surface area (TPSA) is 72.0 Å². The zero-order valence-electron chi connectivity index (χ0n) is 10.3. The van der Waals surface area contributed by atoms with Gasteiger partial charge in [-0.2, -0.15) is 0 Å². The molecule has 2 rings (SSSR count). The minimum Gasteiger partial charge on any atom is -0.245 e. The summed E-state index contributed by atoms with van der Waals surface area (Å²) in [4.78, 5) is 7.00. The smallest absolute Gasteiger partial charge is 0.243 e. The molecule has 0 atom stereocenters. The van der Waals surface area contributed by atoms with Crippen LogP contribution in [0.25, 0.3) is 0 Å². The number of benzene rings is 1. The van der Waals surface area contributed by atoms with Crippen LogP contribution >= 0.6 is 0 Å². The zero-order chi connectivity index (χ0) is 14.6. The van der Waals surface area contributed by atoms with E-state index >= 15 is 0 Å². The summed E-state index contributed by atoms with van der Waals surface area (Å²) >= 11 is 0. The molecule has 1 heterocycles. The van der Waals surface area contributed by atoms with Gasteiger partial charge in [0.1, 0.15) is 22.9 Å². The van der Waals surface area contributed by atoms with E-state index in [1.54, 1.807) is 12.4 Å². The second-order valence-corrected chi connectivity index (χ2v) is 5.70. The van der Waals surface area contributed by atoms with Gasteiger partial charge in [-0.15, -0.1) is 0 Å². The van der Waals surface area contributed by atoms with Crippen molar-refractivity contribution in [2.75, 3.05) is 6.54 Å². The van der Waals surface area contributed by atoms with Crippen LogP contribution in [-0.2, 0) is 16.4 Å². The van der Waals surface area contributed by atoms with Gasteiger partial charge in [-0.05, 0) is 24.1 Å². The Balaban J connectivity index is 2.04. The maximum Gasteiger partial charge on any atom is 0.243 e. The SMILES string of the molecule is O=S(=O)(NCCc1cncnc1)c1ccc(F)cc1F. The van der Waals surface area contributed by atoms with Crippen molar-refractivity contribution in [3.8, 4) is 0 Å². The quantitative estimate of drug-likeness (QED) is 0.902. The van der Waals surface area contributed by atoms with E-state index in [2.05, 4.69) is 14.7 Å². The average Bonchev–Trinajstić information content (AvgIpc) is 2.39. The van der Waals surface area contributed by atoms with Gasteiger partial charge < -0.3 is 0 Å². The van der Waals surface area contributed by atoms with Crippen LogP contribution in [0, 0.1) is 11.6 Å². The Morgan fingerprint density at radius 3 is 2.50 bits per heavy atom. The lowest BCUT2D eigenvalue weighted by molar-refractivity contribution is 0.543. The average molecular weight is 299 g/mol. The first-order valence-corrected chi connectivity index (χ1v) is 7.16. The van der Waals surface area contributed by atoms with Crippen LogP contribution in [0.3, 0.4) is 0 Å². The second-order valence-electron chi connectivity index (χ2n) is 3.97. The van der Waals surface area contributed by atoms with Gasteiger partial charge in [0.05, 0.1) is 0 Å². The summed E-state index contributed by atoms with van der Waals surface area (Å²) in [7, 11) is -4.01. The fraction of sp³-hybridized carbons (Fsp3) is 0.167. The molecule has 1 aromatic carbocycles. The van der Waals surface area contributed by atoms with Gasteiger partial charge in [0, 0.05) is 25.0 Å². The molecule has 1 aromatic heterocycles. The van der Waals surface area contributed by atoms with Crippen molar-refractivity contribution in [1.29, 1.82) is 0 Å². The van der Waals surface area contributed by atoms with Crippen LogP contribution < -0.4 is 4.72 Å². The molecule has 0 saturated heterocycles. The van der Waals surface area contributed by atoms with Gasteiger partial charge in [-0.25, -0.2) is 31.9 Å². The molecule has 0 aliphatic carbocycles. The predicted molar refractivity (Wildman–Crippen MR) is 67.3 cm³/mol. The van der Waals surface area contributed by atoms with E-state index in [0.29, 0.717) is 12.5 Å². The van der Waals surface area contributed by atoms with E-state index in [1.807, 2.05) is 0 Å². The van der Waals surface area contributed by atoms with Gasteiger partial charge in [0.15, 0.2) is 0 Å². The molecule has 1 N–H and O–H groups in total. The highest BCUT2D eigenvalue weighted by Crippen LogP contribution is 2.15. The molecule has 0 aliphatic heterocycles. The molecular formula is C12H11F2N3O2S. The molecule has 8 heteroatoms. The first-order chi connectivity index (χ1) is 9.49. The predicted octanol–water partition coefficient (Wildman–Crippen LogP) is 1.28. The highest BCUT2D eigenvalue weighted by Gasteiger charge is 2.18. The van der Waals surface area contributed by atoms with E-state index in [9.17, 15) is 17.2 Å². The Hall–Kier alpha value is -1.93. The highest BCUT2D eigenvalue weighted by atomic mass is 32.2. The third-order valence-corrected chi connectivity index (χ3v) is 4.00. The third-order valence-electron chi connectivity index (χ3n) is 2.50. The van der Waals surface area contributed by atoms with Crippen molar-refractivity contribution in [3.63, 3.8) is 0 Å². The van der Waals surface area contributed by atoms with Crippen molar-refractivity contribution < 1.29 is 17.2 Å². The van der Waals surface area contributed by atoms with Crippen molar-refractivity contribution in [3.05, 3.63) is 54.1 Å². The molecule has 0 aliphatic rings. The number of aromatic nitrogens is 2. The third kappa shape index (κ3) is 3.55. The van der Waals surface area contributed by atoms with Gasteiger partial charge in [0.2, 0.25) is 10.0 Å². The maximum absolute atomic E-state index is 13.4. The van der Waals surface area contributed by atoms with E-state index in [-0.39, 0.29) is 6.54 Å². The molecule has 20 heavy (non-hydrogen) atoms. The first kappa shape index (κ1) is 14.5. The summed E-state index contributed by atoms with van der Waals surface area (Å²) in [5, 5.41) is 0. The van der Waals surface area contributed by atoms with Crippen molar-refractivity contribution in [2.24, 2.45) is 0 Å². The minimum absolute atomic E-state index is 0.0620. The molecule has 0 fully saturated rings. The monoisotopic (exact) mass is 299 g/mol. The Bertz CT molecular complexity index is 693. The van der Waals surface area contributed by atoms with Crippen LogP contribution in [0.4, 0.5) is 8.78 Å². The van der Waals surface area contributed by atoms with Gasteiger partial charge >= 0.3 is 0 Å². The van der Waals surface area contributed by atoms with Crippen LogP contribution in [0.2, 0.25) is 0 Å².